The standard InChI is InChI=1S/C55H40N4/c1-7-20-40(21-8-1)56(41-22-9-2-10-23-41)46-34-36-48-52(38-46)58(44-28-15-5-16-29-44)50-32-19-33-51-55(50)54(48)49-37-35-47(39-53(49)59(51)45-30-17-6-18-31-45)57(42-24-11-3-12-25-42)43-26-13-4-14-27-43/h1-39,54H. The van der Waals surface area contributed by atoms with Crippen LogP contribution in [-0.2, 0) is 0 Å². The quantitative estimate of drug-likeness (QED) is 0.153. The van der Waals surface area contributed by atoms with Crippen LogP contribution >= 0.6 is 0 Å². The highest BCUT2D eigenvalue weighted by atomic mass is 15.2. The van der Waals surface area contributed by atoms with Crippen molar-refractivity contribution in [3.63, 3.8) is 0 Å². The molecule has 4 heteroatoms. The van der Waals surface area contributed by atoms with Crippen molar-refractivity contribution < 1.29 is 0 Å². The predicted octanol–water partition coefficient (Wildman–Crippen LogP) is 15.4. The van der Waals surface area contributed by atoms with E-state index in [0.29, 0.717) is 0 Å². The second-order valence-corrected chi connectivity index (χ2v) is 15.0. The third-order valence-corrected chi connectivity index (χ3v) is 11.6. The smallest absolute Gasteiger partial charge is 0.0524 e. The van der Waals surface area contributed by atoms with Crippen LogP contribution < -0.4 is 19.6 Å². The fourth-order valence-electron chi connectivity index (χ4n) is 9.10. The minimum atomic E-state index is -0.0157. The molecule has 0 N–H and O–H groups in total. The Morgan fingerprint density at radius 3 is 0.932 bits per heavy atom. The highest BCUT2D eigenvalue weighted by Gasteiger charge is 2.41. The number of rotatable bonds is 8. The molecule has 0 aromatic heterocycles. The zero-order valence-corrected chi connectivity index (χ0v) is 32.4. The maximum absolute atomic E-state index is 2.47. The summed E-state index contributed by atoms with van der Waals surface area (Å²) in [5.74, 6) is -0.0157. The molecule has 59 heavy (non-hydrogen) atoms. The van der Waals surface area contributed by atoms with Crippen molar-refractivity contribution in [2.45, 2.75) is 5.92 Å². The number of anilines is 12. The van der Waals surface area contributed by atoms with Gasteiger partial charge >= 0.3 is 0 Å². The van der Waals surface area contributed by atoms with Gasteiger partial charge in [0.15, 0.2) is 0 Å². The van der Waals surface area contributed by atoms with Crippen molar-refractivity contribution in [3.8, 4) is 0 Å². The third kappa shape index (κ3) is 5.93. The molecule has 0 fully saturated rings. The van der Waals surface area contributed by atoms with Gasteiger partial charge in [0, 0.05) is 57.0 Å². The predicted molar refractivity (Wildman–Crippen MR) is 246 cm³/mol. The summed E-state index contributed by atoms with van der Waals surface area (Å²) in [6.45, 7) is 0. The third-order valence-electron chi connectivity index (χ3n) is 11.6. The molecular weight excluding hydrogens is 717 g/mol. The molecule has 0 bridgehead atoms. The summed E-state index contributed by atoms with van der Waals surface area (Å²) in [7, 11) is 0. The molecule has 0 aliphatic carbocycles. The molecule has 0 unspecified atom stereocenters. The van der Waals surface area contributed by atoms with E-state index < -0.39 is 0 Å². The Bertz CT molecular complexity index is 2610. The van der Waals surface area contributed by atoms with Gasteiger partial charge in [-0.2, -0.15) is 0 Å². The first kappa shape index (κ1) is 34.4. The molecule has 0 radical (unpaired) electrons. The number of hydrogen-bond donors (Lipinski definition) is 0. The molecule has 2 aliphatic heterocycles. The topological polar surface area (TPSA) is 13.0 Å². The first-order chi connectivity index (χ1) is 29.3. The molecule has 2 heterocycles. The van der Waals surface area contributed by atoms with Crippen molar-refractivity contribution >= 4 is 68.2 Å². The Labute approximate surface area is 345 Å². The van der Waals surface area contributed by atoms with Crippen LogP contribution in [0.3, 0.4) is 0 Å². The summed E-state index contributed by atoms with van der Waals surface area (Å²) in [5.41, 5.74) is 17.4. The van der Waals surface area contributed by atoms with Gasteiger partial charge in [0.05, 0.1) is 22.7 Å². The minimum absolute atomic E-state index is 0.0157. The summed E-state index contributed by atoms with van der Waals surface area (Å²) in [5, 5.41) is 0. The Hall–Kier alpha value is -7.82. The van der Waals surface area contributed by atoms with Crippen LogP contribution in [0.1, 0.15) is 22.6 Å². The van der Waals surface area contributed by atoms with Crippen LogP contribution in [0.15, 0.2) is 237 Å². The minimum Gasteiger partial charge on any atom is -0.310 e. The van der Waals surface area contributed by atoms with Gasteiger partial charge in [0.25, 0.3) is 0 Å². The van der Waals surface area contributed by atoms with Crippen molar-refractivity contribution in [3.05, 3.63) is 253 Å². The first-order valence-electron chi connectivity index (χ1n) is 20.2. The van der Waals surface area contributed by atoms with Crippen molar-refractivity contribution in [2.24, 2.45) is 0 Å². The Morgan fingerprint density at radius 2 is 0.593 bits per heavy atom. The van der Waals surface area contributed by atoms with Gasteiger partial charge in [-0.25, -0.2) is 0 Å². The van der Waals surface area contributed by atoms with E-state index in [9.17, 15) is 0 Å². The van der Waals surface area contributed by atoms with Crippen LogP contribution in [-0.4, -0.2) is 0 Å². The summed E-state index contributed by atoms with van der Waals surface area (Å²) in [6.07, 6.45) is 0. The van der Waals surface area contributed by atoms with Gasteiger partial charge in [0.1, 0.15) is 0 Å². The molecule has 0 spiro atoms. The number of fused-ring (bicyclic) bond motifs is 4. The lowest BCUT2D eigenvalue weighted by Gasteiger charge is -2.45. The zero-order valence-electron chi connectivity index (χ0n) is 32.4. The monoisotopic (exact) mass is 756 g/mol. The Balaban J connectivity index is 1.17. The molecular formula is C55H40N4. The zero-order chi connectivity index (χ0) is 39.1. The molecule has 0 saturated heterocycles. The Kier molecular flexibility index (Phi) is 8.52. The van der Waals surface area contributed by atoms with E-state index in [0.717, 1.165) is 45.5 Å². The van der Waals surface area contributed by atoms with Crippen molar-refractivity contribution in [1.29, 1.82) is 0 Å². The van der Waals surface area contributed by atoms with Crippen LogP contribution in [0.5, 0.6) is 0 Å². The van der Waals surface area contributed by atoms with Crippen LogP contribution in [0, 0.1) is 0 Å². The molecule has 9 aromatic rings. The van der Waals surface area contributed by atoms with Gasteiger partial charge in [-0.1, -0.05) is 127 Å². The van der Waals surface area contributed by atoms with E-state index in [-0.39, 0.29) is 5.92 Å². The number of nitrogens with zero attached hydrogens (tertiary/aromatic N) is 4. The summed E-state index contributed by atoms with van der Waals surface area (Å²) >= 11 is 0. The number of benzene rings is 9. The normalized spacial score (nSPS) is 12.6. The van der Waals surface area contributed by atoms with E-state index in [1.807, 2.05) is 0 Å². The summed E-state index contributed by atoms with van der Waals surface area (Å²) in [6, 6.07) is 85.3. The fourth-order valence-corrected chi connectivity index (χ4v) is 9.10. The van der Waals surface area contributed by atoms with E-state index in [4.69, 9.17) is 0 Å². The molecule has 0 saturated carbocycles. The number of hydrogen-bond acceptors (Lipinski definition) is 4. The van der Waals surface area contributed by atoms with Crippen molar-refractivity contribution in [1.82, 2.24) is 0 Å². The number of para-hydroxylation sites is 6. The molecule has 11 rings (SSSR count). The van der Waals surface area contributed by atoms with E-state index in [1.54, 1.807) is 0 Å². The summed E-state index contributed by atoms with van der Waals surface area (Å²) < 4.78 is 0. The average molecular weight is 757 g/mol. The second-order valence-electron chi connectivity index (χ2n) is 15.0. The maximum Gasteiger partial charge on any atom is 0.0524 e. The SMILES string of the molecule is c1ccc(N(c2ccccc2)c2ccc3c(c2)N(c2ccccc2)c2cccc4c2C3c2ccc(N(c3ccccc3)c3ccccc3)cc2N4c2ccccc2)cc1. The lowest BCUT2D eigenvalue weighted by molar-refractivity contribution is 0.908. The highest BCUT2D eigenvalue weighted by molar-refractivity contribution is 5.98. The highest BCUT2D eigenvalue weighted by Crippen LogP contribution is 2.61. The van der Waals surface area contributed by atoms with Crippen LogP contribution in [0.4, 0.5) is 68.2 Å². The van der Waals surface area contributed by atoms with Crippen molar-refractivity contribution in [2.75, 3.05) is 19.6 Å². The van der Waals surface area contributed by atoms with Gasteiger partial charge in [-0.05, 0) is 120 Å². The lowest BCUT2D eigenvalue weighted by Crippen LogP contribution is -2.29. The van der Waals surface area contributed by atoms with Gasteiger partial charge in [0.2, 0.25) is 0 Å². The largest absolute Gasteiger partial charge is 0.310 e. The second kappa shape index (κ2) is 14.6. The van der Waals surface area contributed by atoms with E-state index in [2.05, 4.69) is 256 Å². The molecule has 4 nitrogen and oxygen atoms in total. The van der Waals surface area contributed by atoms with Crippen LogP contribution in [0.2, 0.25) is 0 Å². The van der Waals surface area contributed by atoms with Gasteiger partial charge < -0.3 is 19.6 Å². The molecule has 2 aliphatic rings. The molecule has 0 atom stereocenters. The van der Waals surface area contributed by atoms with Crippen LogP contribution in [0.25, 0.3) is 0 Å². The Morgan fingerprint density at radius 1 is 0.271 bits per heavy atom. The molecule has 9 aromatic carbocycles. The lowest BCUT2D eigenvalue weighted by atomic mass is 9.75. The average Bonchev–Trinajstić information content (AvgIpc) is 3.31. The maximum atomic E-state index is 2.47. The first-order valence-corrected chi connectivity index (χ1v) is 20.2. The van der Waals surface area contributed by atoms with Gasteiger partial charge in [-0.3, -0.25) is 0 Å². The van der Waals surface area contributed by atoms with Gasteiger partial charge in [-0.15, -0.1) is 0 Å². The molecule has 0 amide bonds. The fraction of sp³-hybridized carbons (Fsp3) is 0.0182. The summed E-state index contributed by atoms with van der Waals surface area (Å²) in [4.78, 5) is 9.65. The molecule has 280 valence electrons. The van der Waals surface area contributed by atoms with E-state index in [1.165, 1.54) is 39.4 Å². The van der Waals surface area contributed by atoms with E-state index >= 15 is 0 Å².